The number of aromatic nitrogens is 3. The van der Waals surface area contributed by atoms with Gasteiger partial charge in [-0.2, -0.15) is 0 Å². The molecule has 7 nitrogen and oxygen atoms in total. The maximum Gasteiger partial charge on any atom is 0.191 e. The number of nitrogens with zero attached hydrogens (tertiary/aromatic N) is 4. The third-order valence-corrected chi connectivity index (χ3v) is 5.21. The summed E-state index contributed by atoms with van der Waals surface area (Å²) in [6.07, 6.45) is 7.10. The normalized spacial score (nSPS) is 20.1. The lowest BCUT2D eigenvalue weighted by Crippen LogP contribution is -2.46. The zero-order valence-corrected chi connectivity index (χ0v) is 16.7. The molecule has 3 N–H and O–H groups in total. The number of hydrogen-bond donors (Lipinski definition) is 3. The van der Waals surface area contributed by atoms with Gasteiger partial charge in [-0.05, 0) is 37.7 Å². The number of guanidine groups is 1. The average Bonchev–Trinajstić information content (AvgIpc) is 3.18. The zero-order chi connectivity index (χ0) is 19.6. The molecule has 28 heavy (non-hydrogen) atoms. The van der Waals surface area contributed by atoms with Crippen LogP contribution >= 0.6 is 0 Å². The quantitative estimate of drug-likeness (QED) is 0.478. The first kappa shape index (κ1) is 20.3. The molecule has 0 amide bonds. The Bertz CT molecular complexity index is 722. The van der Waals surface area contributed by atoms with Crippen LogP contribution in [0.3, 0.4) is 0 Å². The number of aliphatic hydroxyl groups is 1. The summed E-state index contributed by atoms with van der Waals surface area (Å²) in [5, 5.41) is 24.9. The maximum absolute atomic E-state index is 9.74. The van der Waals surface area contributed by atoms with Crippen molar-refractivity contribution >= 4 is 5.96 Å². The van der Waals surface area contributed by atoms with Crippen LogP contribution in [0.5, 0.6) is 0 Å². The molecule has 1 aromatic heterocycles. The number of aliphatic imine (C=N–C) groups is 1. The first-order valence-electron chi connectivity index (χ1n) is 10.4. The van der Waals surface area contributed by atoms with E-state index in [1.165, 1.54) is 5.56 Å². The molecule has 0 saturated heterocycles. The van der Waals surface area contributed by atoms with E-state index in [0.29, 0.717) is 6.04 Å². The highest BCUT2D eigenvalue weighted by atomic mass is 16.3. The van der Waals surface area contributed by atoms with Crippen LogP contribution in [0.1, 0.15) is 44.0 Å². The van der Waals surface area contributed by atoms with E-state index in [-0.39, 0.29) is 6.10 Å². The van der Waals surface area contributed by atoms with Crippen LogP contribution in [0.25, 0.3) is 0 Å². The average molecular weight is 385 g/mol. The Morgan fingerprint density at radius 3 is 2.75 bits per heavy atom. The summed E-state index contributed by atoms with van der Waals surface area (Å²) in [5.41, 5.74) is 1.29. The maximum atomic E-state index is 9.74. The van der Waals surface area contributed by atoms with Crippen molar-refractivity contribution in [1.82, 2.24) is 25.4 Å². The second-order valence-electron chi connectivity index (χ2n) is 7.34. The minimum atomic E-state index is -0.148. The van der Waals surface area contributed by atoms with Gasteiger partial charge in [0.05, 0.1) is 6.10 Å². The molecule has 0 atom stereocenters. The second kappa shape index (κ2) is 10.8. The van der Waals surface area contributed by atoms with E-state index in [1.54, 1.807) is 6.33 Å². The molecule has 3 rings (SSSR count). The van der Waals surface area contributed by atoms with E-state index < -0.39 is 0 Å². The molecule has 0 aliphatic heterocycles. The summed E-state index contributed by atoms with van der Waals surface area (Å²) in [7, 11) is 0. The molecule has 0 spiro atoms. The zero-order valence-electron chi connectivity index (χ0n) is 16.7. The molecule has 0 bridgehead atoms. The topological polar surface area (TPSA) is 87.4 Å². The highest BCUT2D eigenvalue weighted by molar-refractivity contribution is 5.80. The van der Waals surface area contributed by atoms with Crippen molar-refractivity contribution in [2.45, 2.75) is 64.1 Å². The number of hydrogen-bond acceptors (Lipinski definition) is 4. The lowest BCUT2D eigenvalue weighted by molar-refractivity contribution is 0.120. The fraction of sp³-hybridized carbons (Fsp3) is 0.571. The summed E-state index contributed by atoms with van der Waals surface area (Å²) in [5.74, 6) is 1.85. The van der Waals surface area contributed by atoms with Crippen LogP contribution in [0.2, 0.25) is 0 Å². The van der Waals surface area contributed by atoms with Gasteiger partial charge < -0.3 is 20.3 Å². The molecule has 1 saturated carbocycles. The summed E-state index contributed by atoms with van der Waals surface area (Å²) in [6, 6.07) is 10.8. The number of nitrogens with one attached hydrogen (secondary N) is 2. The van der Waals surface area contributed by atoms with Crippen LogP contribution < -0.4 is 10.6 Å². The highest BCUT2D eigenvalue weighted by Crippen LogP contribution is 2.18. The van der Waals surface area contributed by atoms with Gasteiger partial charge in [-0.1, -0.05) is 37.3 Å². The monoisotopic (exact) mass is 384 g/mol. The van der Waals surface area contributed by atoms with Crippen molar-refractivity contribution in [3.05, 3.63) is 48.0 Å². The molecule has 2 aromatic rings. The van der Waals surface area contributed by atoms with Crippen molar-refractivity contribution < 1.29 is 5.11 Å². The number of aliphatic hydroxyl groups excluding tert-OH is 1. The highest BCUT2D eigenvalue weighted by Gasteiger charge is 2.20. The molecule has 152 valence electrons. The van der Waals surface area contributed by atoms with Gasteiger partial charge in [-0.15, -0.1) is 10.2 Å². The van der Waals surface area contributed by atoms with E-state index in [0.717, 1.165) is 69.9 Å². The Balaban J connectivity index is 1.54. The summed E-state index contributed by atoms with van der Waals surface area (Å²) < 4.78 is 2.07. The van der Waals surface area contributed by atoms with Crippen LogP contribution in [-0.4, -0.2) is 51.1 Å². The lowest BCUT2D eigenvalue weighted by atomic mass is 9.93. The molecule has 7 heteroatoms. The van der Waals surface area contributed by atoms with Crippen molar-refractivity contribution in [2.75, 3.05) is 13.1 Å². The minimum absolute atomic E-state index is 0.148. The van der Waals surface area contributed by atoms with Crippen molar-refractivity contribution in [2.24, 2.45) is 4.99 Å². The van der Waals surface area contributed by atoms with E-state index in [4.69, 9.17) is 4.99 Å². The van der Waals surface area contributed by atoms with Gasteiger partial charge in [0.15, 0.2) is 5.96 Å². The fourth-order valence-corrected chi connectivity index (χ4v) is 3.54. The first-order chi connectivity index (χ1) is 13.7. The summed E-state index contributed by atoms with van der Waals surface area (Å²) in [4.78, 5) is 4.78. The van der Waals surface area contributed by atoms with Crippen molar-refractivity contribution in [1.29, 1.82) is 0 Å². The molecular weight excluding hydrogens is 352 g/mol. The van der Waals surface area contributed by atoms with Gasteiger partial charge >= 0.3 is 0 Å². The van der Waals surface area contributed by atoms with Gasteiger partial charge in [-0.3, -0.25) is 4.99 Å². The Hall–Kier alpha value is -2.41. The van der Waals surface area contributed by atoms with E-state index in [2.05, 4.69) is 56.6 Å². The smallest absolute Gasteiger partial charge is 0.191 e. The van der Waals surface area contributed by atoms with Crippen LogP contribution in [0, 0.1) is 0 Å². The Labute approximate surface area is 167 Å². The van der Waals surface area contributed by atoms with E-state index >= 15 is 0 Å². The lowest BCUT2D eigenvalue weighted by Gasteiger charge is -2.27. The van der Waals surface area contributed by atoms with Crippen molar-refractivity contribution in [3.63, 3.8) is 0 Å². The predicted octanol–water partition coefficient (Wildman–Crippen LogP) is 1.92. The molecule has 1 aliphatic carbocycles. The Kier molecular flexibility index (Phi) is 7.84. The standard InChI is InChI=1S/C21H32N6O/c1-2-20-26-24-16-27(20)15-14-23-21(25-18-8-10-19(28)11-9-18)22-13-12-17-6-4-3-5-7-17/h3-7,16,18-19,28H,2,8-15H2,1H3,(H2,22,23,25). The minimum Gasteiger partial charge on any atom is -0.393 e. The third kappa shape index (κ3) is 6.34. The van der Waals surface area contributed by atoms with Gasteiger partial charge in [0.1, 0.15) is 12.2 Å². The van der Waals surface area contributed by atoms with Gasteiger partial charge in [0.2, 0.25) is 0 Å². The van der Waals surface area contributed by atoms with Gasteiger partial charge in [0.25, 0.3) is 0 Å². The SMILES string of the molecule is CCc1nncn1CCNC(=NCCc1ccccc1)NC1CCC(O)CC1. The number of rotatable bonds is 8. The predicted molar refractivity (Wildman–Crippen MR) is 111 cm³/mol. The van der Waals surface area contributed by atoms with Gasteiger partial charge in [-0.25, -0.2) is 0 Å². The number of benzene rings is 1. The van der Waals surface area contributed by atoms with Gasteiger partial charge in [0, 0.05) is 32.1 Å². The largest absolute Gasteiger partial charge is 0.393 e. The molecule has 1 aromatic carbocycles. The molecular formula is C21H32N6O. The van der Waals surface area contributed by atoms with E-state index in [1.807, 2.05) is 6.07 Å². The molecule has 1 heterocycles. The number of aryl methyl sites for hydroxylation is 1. The molecule has 0 unspecified atom stereocenters. The van der Waals surface area contributed by atoms with Crippen molar-refractivity contribution in [3.8, 4) is 0 Å². The van der Waals surface area contributed by atoms with Crippen LogP contribution in [0.4, 0.5) is 0 Å². The second-order valence-corrected chi connectivity index (χ2v) is 7.34. The fourth-order valence-electron chi connectivity index (χ4n) is 3.54. The van der Waals surface area contributed by atoms with E-state index in [9.17, 15) is 5.11 Å². The molecule has 1 aliphatic rings. The Morgan fingerprint density at radius 1 is 1.21 bits per heavy atom. The third-order valence-electron chi connectivity index (χ3n) is 5.21. The van der Waals surface area contributed by atoms with Crippen LogP contribution in [0.15, 0.2) is 41.7 Å². The Morgan fingerprint density at radius 2 is 2.00 bits per heavy atom. The molecule has 0 radical (unpaired) electrons. The summed E-state index contributed by atoms with van der Waals surface area (Å²) >= 11 is 0. The first-order valence-corrected chi connectivity index (χ1v) is 10.4. The van der Waals surface area contributed by atoms with Crippen LogP contribution in [-0.2, 0) is 19.4 Å². The molecule has 1 fully saturated rings. The summed E-state index contributed by atoms with van der Waals surface area (Å²) in [6.45, 7) is 4.39.